The summed E-state index contributed by atoms with van der Waals surface area (Å²) in [5.41, 5.74) is 2.72. The molecule has 0 heterocycles. The average Bonchev–Trinajstić information content (AvgIpc) is 2.71. The number of carbonyl (C=O) groups is 1. The van der Waals surface area contributed by atoms with Gasteiger partial charge in [-0.15, -0.1) is 0 Å². The van der Waals surface area contributed by atoms with E-state index in [1.165, 1.54) is 20.5 Å². The molecule has 0 bridgehead atoms. The van der Waals surface area contributed by atoms with E-state index in [-0.39, 0.29) is 6.61 Å². The van der Waals surface area contributed by atoms with Crippen molar-refractivity contribution < 1.29 is 23.8 Å². The summed E-state index contributed by atoms with van der Waals surface area (Å²) in [6, 6.07) is 14.9. The summed E-state index contributed by atoms with van der Waals surface area (Å²) in [7, 11) is 2.82. The molecular weight excluding hydrogens is 346 g/mol. The first-order chi connectivity index (χ1) is 13.2. The van der Waals surface area contributed by atoms with Gasteiger partial charge in [0.25, 0.3) is 0 Å². The van der Waals surface area contributed by atoms with Gasteiger partial charge in [0.2, 0.25) is 0 Å². The Morgan fingerprint density at radius 3 is 2.67 bits per heavy atom. The van der Waals surface area contributed by atoms with Gasteiger partial charge in [-0.3, -0.25) is 0 Å². The molecule has 0 unspecified atom stereocenters. The number of methoxy groups -OCH3 is 2. The van der Waals surface area contributed by atoms with Crippen LogP contribution >= 0.6 is 0 Å². The molecule has 0 amide bonds. The third-order valence-corrected chi connectivity index (χ3v) is 3.61. The van der Waals surface area contributed by atoms with Gasteiger partial charge < -0.3 is 19.0 Å². The van der Waals surface area contributed by atoms with Crippen LogP contribution in [0.25, 0.3) is 5.57 Å². The summed E-state index contributed by atoms with van der Waals surface area (Å²) in [5, 5.41) is 3.85. The minimum atomic E-state index is -0.474. The third kappa shape index (κ3) is 5.88. The van der Waals surface area contributed by atoms with Gasteiger partial charge in [-0.25, -0.2) is 4.79 Å². The molecule has 142 valence electrons. The SMILES string of the molecule is CCON=Cc1cccc(OCc2ccccc2C(=COC)C(=O)OC)c1. The van der Waals surface area contributed by atoms with Gasteiger partial charge in [0, 0.05) is 0 Å². The number of hydrogen-bond acceptors (Lipinski definition) is 6. The third-order valence-electron chi connectivity index (χ3n) is 3.61. The number of esters is 1. The molecule has 0 aromatic heterocycles. The Labute approximate surface area is 159 Å². The molecule has 27 heavy (non-hydrogen) atoms. The Bertz CT molecular complexity index is 814. The standard InChI is InChI=1S/C21H23NO5/c1-4-27-22-13-16-8-7-10-18(12-16)26-14-17-9-5-6-11-19(17)20(15-24-2)21(23)25-3/h5-13,15H,4,14H2,1-3H3. The largest absolute Gasteiger partial charge is 0.503 e. The van der Waals surface area contributed by atoms with Gasteiger partial charge >= 0.3 is 5.97 Å². The molecule has 0 fully saturated rings. The predicted molar refractivity (Wildman–Crippen MR) is 103 cm³/mol. The first-order valence-corrected chi connectivity index (χ1v) is 8.47. The van der Waals surface area contributed by atoms with Gasteiger partial charge in [-0.1, -0.05) is 41.6 Å². The van der Waals surface area contributed by atoms with E-state index in [2.05, 4.69) is 5.16 Å². The van der Waals surface area contributed by atoms with E-state index in [0.29, 0.717) is 23.5 Å². The van der Waals surface area contributed by atoms with Gasteiger partial charge in [-0.05, 0) is 35.7 Å². The molecule has 0 aliphatic rings. The van der Waals surface area contributed by atoms with Crippen LogP contribution in [0.1, 0.15) is 23.6 Å². The van der Waals surface area contributed by atoms with Crippen molar-refractivity contribution in [3.8, 4) is 5.75 Å². The van der Waals surface area contributed by atoms with Crippen LogP contribution in [0.3, 0.4) is 0 Å². The van der Waals surface area contributed by atoms with Gasteiger partial charge in [0.15, 0.2) is 0 Å². The highest BCUT2D eigenvalue weighted by molar-refractivity contribution is 6.16. The summed E-state index contributed by atoms with van der Waals surface area (Å²) in [5.74, 6) is 0.207. The summed E-state index contributed by atoms with van der Waals surface area (Å²) in [6.45, 7) is 2.66. The molecule has 0 radical (unpaired) electrons. The lowest BCUT2D eigenvalue weighted by Crippen LogP contribution is -2.08. The summed E-state index contributed by atoms with van der Waals surface area (Å²) < 4.78 is 15.8. The molecule has 0 aliphatic carbocycles. The first-order valence-electron chi connectivity index (χ1n) is 8.47. The van der Waals surface area contributed by atoms with Crippen LogP contribution in [0, 0.1) is 0 Å². The van der Waals surface area contributed by atoms with Crippen LogP contribution in [-0.2, 0) is 25.7 Å². The summed E-state index contributed by atoms with van der Waals surface area (Å²) >= 11 is 0. The van der Waals surface area contributed by atoms with Crippen molar-refractivity contribution in [2.75, 3.05) is 20.8 Å². The molecule has 0 atom stereocenters. The number of hydrogen-bond donors (Lipinski definition) is 0. The van der Waals surface area contributed by atoms with Gasteiger partial charge in [0.1, 0.15) is 24.5 Å². The Kier molecular flexibility index (Phi) is 7.91. The molecule has 0 spiro atoms. The fraction of sp³-hybridized carbons (Fsp3) is 0.238. The molecule has 0 saturated carbocycles. The van der Waals surface area contributed by atoms with Crippen LogP contribution in [0.4, 0.5) is 0 Å². The smallest absolute Gasteiger partial charge is 0.341 e. The number of nitrogens with zero attached hydrogens (tertiary/aromatic N) is 1. The lowest BCUT2D eigenvalue weighted by molar-refractivity contribution is -0.133. The van der Waals surface area contributed by atoms with E-state index in [9.17, 15) is 4.79 Å². The molecule has 2 rings (SSSR count). The highest BCUT2D eigenvalue weighted by atomic mass is 16.6. The van der Waals surface area contributed by atoms with Crippen molar-refractivity contribution in [1.29, 1.82) is 0 Å². The number of oxime groups is 1. The molecule has 0 aliphatic heterocycles. The van der Waals surface area contributed by atoms with Crippen molar-refractivity contribution >= 4 is 17.8 Å². The number of rotatable bonds is 9. The quantitative estimate of drug-likeness (QED) is 0.221. The molecule has 2 aromatic carbocycles. The molecule has 0 N–H and O–H groups in total. The van der Waals surface area contributed by atoms with E-state index < -0.39 is 5.97 Å². The van der Waals surface area contributed by atoms with Crippen molar-refractivity contribution in [2.45, 2.75) is 13.5 Å². The van der Waals surface area contributed by atoms with Crippen LogP contribution in [0.15, 0.2) is 59.9 Å². The van der Waals surface area contributed by atoms with Crippen molar-refractivity contribution in [1.82, 2.24) is 0 Å². The minimum absolute atomic E-state index is 0.278. The van der Waals surface area contributed by atoms with Crippen LogP contribution in [0.2, 0.25) is 0 Å². The zero-order chi connectivity index (χ0) is 19.5. The number of ether oxygens (including phenoxy) is 3. The zero-order valence-electron chi connectivity index (χ0n) is 15.7. The summed E-state index contributed by atoms with van der Waals surface area (Å²) in [6.07, 6.45) is 3.00. The van der Waals surface area contributed by atoms with Crippen molar-refractivity contribution in [3.05, 3.63) is 71.5 Å². The molecule has 0 saturated heterocycles. The van der Waals surface area contributed by atoms with Gasteiger partial charge in [-0.2, -0.15) is 0 Å². The second-order valence-corrected chi connectivity index (χ2v) is 5.43. The fourth-order valence-electron chi connectivity index (χ4n) is 2.38. The predicted octanol–water partition coefficient (Wildman–Crippen LogP) is 3.80. The van der Waals surface area contributed by atoms with E-state index in [0.717, 1.165) is 11.1 Å². The Balaban J connectivity index is 2.18. The average molecular weight is 369 g/mol. The lowest BCUT2D eigenvalue weighted by Gasteiger charge is -2.13. The van der Waals surface area contributed by atoms with Crippen LogP contribution in [0.5, 0.6) is 5.75 Å². The maximum atomic E-state index is 12.1. The Morgan fingerprint density at radius 1 is 1.11 bits per heavy atom. The summed E-state index contributed by atoms with van der Waals surface area (Å²) in [4.78, 5) is 17.0. The molecule has 2 aromatic rings. The second-order valence-electron chi connectivity index (χ2n) is 5.43. The number of benzene rings is 2. The van der Waals surface area contributed by atoms with E-state index in [4.69, 9.17) is 19.0 Å². The zero-order valence-corrected chi connectivity index (χ0v) is 15.7. The lowest BCUT2D eigenvalue weighted by atomic mass is 10.0. The maximum Gasteiger partial charge on any atom is 0.341 e. The monoisotopic (exact) mass is 369 g/mol. The highest BCUT2D eigenvalue weighted by Crippen LogP contribution is 2.23. The molecule has 6 nitrogen and oxygen atoms in total. The highest BCUT2D eigenvalue weighted by Gasteiger charge is 2.16. The van der Waals surface area contributed by atoms with E-state index in [1.54, 1.807) is 6.21 Å². The van der Waals surface area contributed by atoms with Crippen molar-refractivity contribution in [3.63, 3.8) is 0 Å². The normalized spacial score (nSPS) is 11.3. The number of carbonyl (C=O) groups excluding carboxylic acids is 1. The molecule has 6 heteroatoms. The van der Waals surface area contributed by atoms with Crippen LogP contribution in [-0.4, -0.2) is 33.0 Å². The Hall–Kier alpha value is -3.28. The fourth-order valence-corrected chi connectivity index (χ4v) is 2.38. The maximum absolute atomic E-state index is 12.1. The molecular formula is C21H23NO5. The van der Waals surface area contributed by atoms with Crippen molar-refractivity contribution in [2.24, 2.45) is 5.16 Å². The second kappa shape index (κ2) is 10.7. The van der Waals surface area contributed by atoms with E-state index >= 15 is 0 Å². The van der Waals surface area contributed by atoms with E-state index in [1.807, 2.05) is 55.5 Å². The topological polar surface area (TPSA) is 66.3 Å². The Morgan fingerprint density at radius 2 is 1.93 bits per heavy atom. The minimum Gasteiger partial charge on any atom is -0.503 e. The van der Waals surface area contributed by atoms with Crippen LogP contribution < -0.4 is 4.74 Å². The van der Waals surface area contributed by atoms with Gasteiger partial charge in [0.05, 0.1) is 26.7 Å². The first kappa shape index (κ1) is 20.0.